The second-order valence-electron chi connectivity index (χ2n) is 2.82. The molecule has 6 heteroatoms. The van der Waals surface area contributed by atoms with Gasteiger partial charge in [0.2, 0.25) is 5.91 Å². The molecule has 14 heavy (non-hydrogen) atoms. The van der Waals surface area contributed by atoms with Crippen LogP contribution >= 0.6 is 11.6 Å². The molecule has 0 saturated heterocycles. The molecule has 1 N–H and O–H groups in total. The molecular formula is C8H15ClN2O3. The number of carbonyl (C=O) groups is 2. The maximum absolute atomic E-state index is 11.2. The Morgan fingerprint density at radius 3 is 2.57 bits per heavy atom. The van der Waals surface area contributed by atoms with Crippen molar-refractivity contribution in [3.05, 3.63) is 0 Å². The van der Waals surface area contributed by atoms with Gasteiger partial charge in [0.15, 0.2) is 0 Å². The van der Waals surface area contributed by atoms with E-state index in [0.29, 0.717) is 13.2 Å². The maximum atomic E-state index is 11.2. The number of halogens is 1. The summed E-state index contributed by atoms with van der Waals surface area (Å²) in [6.45, 7) is 2.35. The molecule has 0 aliphatic carbocycles. The summed E-state index contributed by atoms with van der Waals surface area (Å²) < 4.78 is 4.78. The average Bonchev–Trinajstić information content (AvgIpc) is 2.13. The Bertz CT molecular complexity index is 209. The van der Waals surface area contributed by atoms with Crippen LogP contribution in [-0.4, -0.2) is 49.5 Å². The van der Waals surface area contributed by atoms with Crippen LogP contribution < -0.4 is 5.32 Å². The smallest absolute Gasteiger partial charge is 0.323 e. The fourth-order valence-corrected chi connectivity index (χ4v) is 0.685. The van der Waals surface area contributed by atoms with Gasteiger partial charge in [0, 0.05) is 20.7 Å². The van der Waals surface area contributed by atoms with E-state index in [2.05, 4.69) is 5.32 Å². The van der Waals surface area contributed by atoms with Crippen LogP contribution in [0.2, 0.25) is 0 Å². The van der Waals surface area contributed by atoms with Crippen LogP contribution in [0.25, 0.3) is 0 Å². The summed E-state index contributed by atoms with van der Waals surface area (Å²) >= 11 is 5.47. The molecule has 0 heterocycles. The molecule has 1 unspecified atom stereocenters. The van der Waals surface area contributed by atoms with Crippen molar-refractivity contribution in [2.24, 2.45) is 0 Å². The normalized spacial score (nSPS) is 12.0. The van der Waals surface area contributed by atoms with E-state index in [1.807, 2.05) is 0 Å². The van der Waals surface area contributed by atoms with Crippen LogP contribution in [0.3, 0.4) is 0 Å². The van der Waals surface area contributed by atoms with Crippen molar-refractivity contribution in [3.63, 3.8) is 0 Å². The number of carbonyl (C=O) groups excluding carboxylic acids is 2. The summed E-state index contributed by atoms with van der Waals surface area (Å²) in [5.74, 6) is -0.499. The third-order valence-electron chi connectivity index (χ3n) is 1.57. The van der Waals surface area contributed by atoms with Gasteiger partial charge in [0.25, 0.3) is 0 Å². The number of nitrogens with zero attached hydrogens (tertiary/aromatic N) is 1. The van der Waals surface area contributed by atoms with Crippen molar-refractivity contribution in [2.75, 3.05) is 27.3 Å². The number of amides is 3. The fourth-order valence-electron chi connectivity index (χ4n) is 0.630. The quantitative estimate of drug-likeness (QED) is 0.702. The van der Waals surface area contributed by atoms with Crippen LogP contribution in [0.4, 0.5) is 4.79 Å². The summed E-state index contributed by atoms with van der Waals surface area (Å²) in [7, 11) is 3.11. The first-order chi connectivity index (χ1) is 6.49. The van der Waals surface area contributed by atoms with Gasteiger partial charge in [-0.3, -0.25) is 10.1 Å². The Kier molecular flexibility index (Phi) is 6.23. The van der Waals surface area contributed by atoms with Gasteiger partial charge in [-0.1, -0.05) is 0 Å². The van der Waals surface area contributed by atoms with Gasteiger partial charge in [0.1, 0.15) is 5.38 Å². The van der Waals surface area contributed by atoms with Gasteiger partial charge in [0.05, 0.1) is 6.61 Å². The predicted octanol–water partition coefficient (Wildman–Crippen LogP) is 0.428. The zero-order valence-corrected chi connectivity index (χ0v) is 9.30. The number of ether oxygens (including phenoxy) is 1. The summed E-state index contributed by atoms with van der Waals surface area (Å²) in [4.78, 5) is 23.6. The van der Waals surface area contributed by atoms with Crippen LogP contribution in [0, 0.1) is 0 Å². The van der Waals surface area contributed by atoms with Gasteiger partial charge in [-0.25, -0.2) is 4.79 Å². The molecule has 0 aromatic carbocycles. The van der Waals surface area contributed by atoms with E-state index in [-0.39, 0.29) is 0 Å². The number of nitrogens with one attached hydrogen (secondary N) is 1. The lowest BCUT2D eigenvalue weighted by atomic mass is 10.4. The van der Waals surface area contributed by atoms with Crippen molar-refractivity contribution in [1.29, 1.82) is 0 Å². The molecule has 0 rings (SSSR count). The largest absolute Gasteiger partial charge is 0.383 e. The Hall–Kier alpha value is -0.810. The molecule has 1 atom stereocenters. The highest BCUT2D eigenvalue weighted by Crippen LogP contribution is 1.93. The predicted molar refractivity (Wildman–Crippen MR) is 53.4 cm³/mol. The van der Waals surface area contributed by atoms with Crippen molar-refractivity contribution >= 4 is 23.5 Å². The highest BCUT2D eigenvalue weighted by molar-refractivity contribution is 6.31. The molecule has 0 saturated carbocycles. The number of rotatable bonds is 4. The van der Waals surface area contributed by atoms with Gasteiger partial charge in [-0.15, -0.1) is 11.6 Å². The monoisotopic (exact) mass is 222 g/mol. The van der Waals surface area contributed by atoms with Crippen molar-refractivity contribution in [2.45, 2.75) is 12.3 Å². The van der Waals surface area contributed by atoms with Gasteiger partial charge in [-0.05, 0) is 6.92 Å². The number of alkyl halides is 1. The number of hydrogen-bond donors (Lipinski definition) is 1. The number of methoxy groups -OCH3 is 1. The Morgan fingerprint density at radius 1 is 1.57 bits per heavy atom. The van der Waals surface area contributed by atoms with Crippen LogP contribution in [0.1, 0.15) is 6.92 Å². The van der Waals surface area contributed by atoms with E-state index in [0.717, 1.165) is 0 Å². The maximum Gasteiger partial charge on any atom is 0.323 e. The Labute approximate surface area is 88.3 Å². The lowest BCUT2D eigenvalue weighted by Gasteiger charge is -2.16. The highest BCUT2D eigenvalue weighted by atomic mass is 35.5. The fraction of sp³-hybridized carbons (Fsp3) is 0.750. The van der Waals surface area contributed by atoms with E-state index in [1.165, 1.54) is 18.9 Å². The third-order valence-corrected chi connectivity index (χ3v) is 1.77. The molecule has 0 bridgehead atoms. The Morgan fingerprint density at radius 2 is 2.14 bits per heavy atom. The number of imide groups is 1. The SMILES string of the molecule is COCCN(C)C(=O)NC(=O)C(C)Cl. The molecule has 3 amide bonds. The summed E-state index contributed by atoms with van der Waals surface area (Å²) in [6, 6.07) is -0.473. The second-order valence-corrected chi connectivity index (χ2v) is 3.48. The number of likely N-dealkylation sites (N-methyl/N-ethyl adjacent to an activating group) is 1. The van der Waals surface area contributed by atoms with Crippen LogP contribution in [0.15, 0.2) is 0 Å². The molecule has 0 spiro atoms. The van der Waals surface area contributed by atoms with Crippen LogP contribution in [0.5, 0.6) is 0 Å². The molecule has 0 aliphatic rings. The minimum absolute atomic E-state index is 0.423. The van der Waals surface area contributed by atoms with E-state index in [9.17, 15) is 9.59 Å². The standard InChI is InChI=1S/C8H15ClN2O3/c1-6(9)7(12)10-8(13)11(2)4-5-14-3/h6H,4-5H2,1-3H3,(H,10,12,13). The molecule has 0 aromatic heterocycles. The van der Waals surface area contributed by atoms with E-state index in [1.54, 1.807) is 7.05 Å². The molecule has 0 radical (unpaired) electrons. The zero-order valence-electron chi connectivity index (χ0n) is 8.54. The lowest BCUT2D eigenvalue weighted by molar-refractivity contribution is -0.119. The highest BCUT2D eigenvalue weighted by Gasteiger charge is 2.15. The van der Waals surface area contributed by atoms with Gasteiger partial charge < -0.3 is 9.64 Å². The number of hydrogen-bond acceptors (Lipinski definition) is 3. The minimum atomic E-state index is -0.713. The van der Waals surface area contributed by atoms with Crippen molar-refractivity contribution in [1.82, 2.24) is 10.2 Å². The molecule has 0 aliphatic heterocycles. The second kappa shape index (κ2) is 6.62. The zero-order chi connectivity index (χ0) is 11.1. The number of urea groups is 1. The minimum Gasteiger partial charge on any atom is -0.383 e. The van der Waals surface area contributed by atoms with E-state index in [4.69, 9.17) is 16.3 Å². The van der Waals surface area contributed by atoms with Crippen molar-refractivity contribution in [3.8, 4) is 0 Å². The van der Waals surface area contributed by atoms with Crippen molar-refractivity contribution < 1.29 is 14.3 Å². The molecular weight excluding hydrogens is 208 g/mol. The molecule has 82 valence electrons. The summed E-state index contributed by atoms with van der Waals surface area (Å²) in [5.41, 5.74) is 0. The summed E-state index contributed by atoms with van der Waals surface area (Å²) in [6.07, 6.45) is 0. The van der Waals surface area contributed by atoms with Gasteiger partial charge >= 0.3 is 6.03 Å². The van der Waals surface area contributed by atoms with E-state index < -0.39 is 17.3 Å². The lowest BCUT2D eigenvalue weighted by Crippen LogP contribution is -2.44. The molecule has 0 aromatic rings. The summed E-state index contributed by atoms with van der Waals surface area (Å²) in [5, 5.41) is 1.44. The molecule has 0 fully saturated rings. The Balaban J connectivity index is 3.89. The van der Waals surface area contributed by atoms with E-state index >= 15 is 0 Å². The first-order valence-corrected chi connectivity index (χ1v) is 4.61. The topological polar surface area (TPSA) is 58.6 Å². The van der Waals surface area contributed by atoms with Crippen LogP contribution in [-0.2, 0) is 9.53 Å². The molecule has 5 nitrogen and oxygen atoms in total. The van der Waals surface area contributed by atoms with Gasteiger partial charge in [-0.2, -0.15) is 0 Å². The first-order valence-electron chi connectivity index (χ1n) is 4.18. The first kappa shape index (κ1) is 13.2. The third kappa shape index (κ3) is 5.04. The average molecular weight is 223 g/mol.